The van der Waals surface area contributed by atoms with Crippen LogP contribution in [0.4, 0.5) is 13.2 Å². The van der Waals surface area contributed by atoms with E-state index in [9.17, 15) is 32.3 Å². The van der Waals surface area contributed by atoms with Gasteiger partial charge in [0.2, 0.25) is 70.9 Å². The zero-order chi connectivity index (χ0) is 74.7. The van der Waals surface area contributed by atoms with Crippen LogP contribution in [-0.4, -0.2) is 261 Å². The Morgan fingerprint density at radius 2 is 1.25 bits per heavy atom. The zero-order valence-electron chi connectivity index (χ0n) is 62.4. The van der Waals surface area contributed by atoms with E-state index >= 15 is 38.4 Å². The highest BCUT2D eigenvalue weighted by Gasteiger charge is 2.52. The number of amides is 12. The molecule has 3 saturated carbocycles. The number of hydrogen-bond donors (Lipinski definition) is 3. The number of likely N-dealkylation sites (N-methyl/N-ethyl adjacent to an activating group) is 6. The molecule has 24 nitrogen and oxygen atoms in total. The third-order valence-electron chi connectivity index (χ3n) is 23.4. The second-order valence-corrected chi connectivity index (χ2v) is 31.8. The van der Waals surface area contributed by atoms with E-state index in [0.717, 1.165) is 38.5 Å². The minimum atomic E-state index is -4.51. The molecular weight excluding hydrogens is 1330 g/mol. The summed E-state index contributed by atoms with van der Waals surface area (Å²) in [4.78, 5) is 193. The van der Waals surface area contributed by atoms with Crippen LogP contribution >= 0.6 is 11.6 Å². The molecule has 7 aliphatic rings. The Morgan fingerprint density at radius 1 is 0.614 bits per heavy atom. The smallest absolute Gasteiger partial charge is 0.343 e. The molecule has 0 bridgehead atoms. The predicted octanol–water partition coefficient (Wildman–Crippen LogP) is 6.48. The van der Waals surface area contributed by atoms with Crippen LogP contribution in [0.15, 0.2) is 0 Å². The Kier molecular flexibility index (Phi) is 29.2. The first-order valence-corrected chi connectivity index (χ1v) is 38.2. The summed E-state index contributed by atoms with van der Waals surface area (Å²) in [6, 6.07) is -10.8. The van der Waals surface area contributed by atoms with Crippen molar-refractivity contribution in [3.05, 3.63) is 0 Å². The summed E-state index contributed by atoms with van der Waals surface area (Å²) in [5.74, 6) is -10.6. The summed E-state index contributed by atoms with van der Waals surface area (Å²) in [5.41, 5.74) is -1.56. The molecule has 7 rings (SSSR count). The number of hydrogen-bond acceptors (Lipinski definition) is 12. The lowest BCUT2D eigenvalue weighted by atomic mass is 9.78. The van der Waals surface area contributed by atoms with Gasteiger partial charge in [0.25, 0.3) is 0 Å². The van der Waals surface area contributed by atoms with Crippen molar-refractivity contribution in [1.29, 1.82) is 0 Å². The number of alkyl halides is 4. The van der Waals surface area contributed by atoms with E-state index in [-0.39, 0.29) is 108 Å². The van der Waals surface area contributed by atoms with Crippen molar-refractivity contribution in [1.82, 2.24) is 60.0 Å². The van der Waals surface area contributed by atoms with Crippen molar-refractivity contribution in [3.63, 3.8) is 0 Å². The molecule has 28 heteroatoms. The van der Waals surface area contributed by atoms with Crippen LogP contribution in [0.5, 0.6) is 0 Å². The highest BCUT2D eigenvalue weighted by molar-refractivity contribution is 6.21. The maximum absolute atomic E-state index is 15.5. The number of halogens is 4. The Labute approximate surface area is 601 Å². The molecule has 7 fully saturated rings. The number of nitrogens with zero attached hydrogens (tertiary/aromatic N) is 9. The first-order chi connectivity index (χ1) is 47.6. The fourth-order valence-electron chi connectivity index (χ4n) is 16.8. The first-order valence-electron chi connectivity index (χ1n) is 37.7. The van der Waals surface area contributed by atoms with Crippen molar-refractivity contribution in [3.8, 4) is 0 Å². The van der Waals surface area contributed by atoms with Gasteiger partial charge in [-0.05, 0) is 140 Å². The summed E-state index contributed by atoms with van der Waals surface area (Å²) >= 11 is 6.41. The van der Waals surface area contributed by atoms with Crippen LogP contribution < -0.4 is 16.0 Å². The number of rotatable bonds is 12. The van der Waals surface area contributed by atoms with E-state index in [1.807, 2.05) is 20.8 Å². The molecule has 4 saturated heterocycles. The number of nitrogens with one attached hydrogen (secondary N) is 3. The van der Waals surface area contributed by atoms with E-state index in [1.165, 1.54) is 81.4 Å². The van der Waals surface area contributed by atoms with Gasteiger partial charge in [-0.15, -0.1) is 11.6 Å². The largest absolute Gasteiger partial charge is 0.393 e. The van der Waals surface area contributed by atoms with Gasteiger partial charge in [-0.1, -0.05) is 92.9 Å². The zero-order valence-corrected chi connectivity index (χ0v) is 63.1. The minimum absolute atomic E-state index is 0.00114. The van der Waals surface area contributed by atoms with Crippen LogP contribution in [0.25, 0.3) is 0 Å². The van der Waals surface area contributed by atoms with Crippen LogP contribution in [0.1, 0.15) is 209 Å². The van der Waals surface area contributed by atoms with Gasteiger partial charge in [-0.3, -0.25) is 57.5 Å². The topological polar surface area (TPSA) is 270 Å². The molecule has 4 heterocycles. The van der Waals surface area contributed by atoms with Crippen LogP contribution in [0, 0.1) is 35.5 Å². The van der Waals surface area contributed by atoms with E-state index in [4.69, 9.17) is 11.6 Å². The third kappa shape index (κ3) is 19.6. The Balaban J connectivity index is 1.28. The molecule has 101 heavy (non-hydrogen) atoms. The lowest BCUT2D eigenvalue weighted by molar-refractivity contribution is -0.182. The van der Waals surface area contributed by atoms with Gasteiger partial charge in [0.15, 0.2) is 0 Å². The number of fused-ring (bicyclic) bond motifs is 2. The Bertz CT molecular complexity index is 2960. The van der Waals surface area contributed by atoms with E-state index < -0.39 is 173 Å². The van der Waals surface area contributed by atoms with Crippen molar-refractivity contribution in [2.24, 2.45) is 35.5 Å². The average Bonchev–Trinajstić information content (AvgIpc) is 1.76. The van der Waals surface area contributed by atoms with Gasteiger partial charge in [-0.25, -0.2) is 0 Å². The highest BCUT2D eigenvalue weighted by atomic mass is 35.5. The minimum Gasteiger partial charge on any atom is -0.343 e. The number of piperidine rings is 1. The molecular formula is C73H118ClF3N12O12. The fraction of sp³-hybridized carbons (Fsp3) is 0.836. The molecule has 1 spiro atoms. The summed E-state index contributed by atoms with van der Waals surface area (Å²) in [5, 5.41) is 7.66. The van der Waals surface area contributed by atoms with E-state index in [1.54, 1.807) is 32.6 Å². The molecule has 13 atom stereocenters. The molecule has 4 aliphatic heterocycles. The molecule has 0 radical (unpaired) electrons. The summed E-state index contributed by atoms with van der Waals surface area (Å²) in [6.07, 6.45) is 4.61. The maximum Gasteiger partial charge on any atom is 0.393 e. The van der Waals surface area contributed by atoms with Crippen molar-refractivity contribution in [2.45, 2.75) is 281 Å². The summed E-state index contributed by atoms with van der Waals surface area (Å²) < 4.78 is 42.1. The molecule has 0 aromatic rings. The quantitative estimate of drug-likeness (QED) is 0.177. The lowest BCUT2D eigenvalue weighted by Crippen LogP contribution is -2.65. The lowest BCUT2D eigenvalue weighted by Gasteiger charge is -2.45. The van der Waals surface area contributed by atoms with Gasteiger partial charge >= 0.3 is 6.18 Å². The first kappa shape index (κ1) is 82.0. The number of likely N-dealkylation sites (tertiary alicyclic amines) is 1. The Morgan fingerprint density at radius 3 is 1.82 bits per heavy atom. The highest BCUT2D eigenvalue weighted by Crippen LogP contribution is 2.44. The van der Waals surface area contributed by atoms with Gasteiger partial charge < -0.3 is 60.0 Å². The molecule has 3 N–H and O–H groups in total. The average molecular weight is 1450 g/mol. The Hall–Kier alpha value is -6.28. The fourth-order valence-corrected chi connectivity index (χ4v) is 17.3. The SMILES string of the molecule is CC[C@H](C)[C@@H]1NC(=O)[C@H](CC(C)C)N(CC)C(=O)C[C@@H](C(=O)N2CCCCC2)N(C)C(=O)[C@H](C(C)C)N(C)C(=O)C2(CCCC2)NC(=O)[C@@H]2CCCN2C(=O)[C@H](CCC2CCC(C(F)(F)F)C(Cl)C2)NC(=O)CN(C)C(=O)[C@H](CC2CCCCC2)N(C)C(=O)[C@@H]2CCN2C(=O)[C@H](C)N(C)C1=O. The van der Waals surface area contributed by atoms with Gasteiger partial charge in [0.1, 0.15) is 59.9 Å². The molecule has 0 aromatic carbocycles. The van der Waals surface area contributed by atoms with Crippen molar-refractivity contribution < 1.29 is 70.7 Å². The van der Waals surface area contributed by atoms with Crippen LogP contribution in [0.2, 0.25) is 0 Å². The molecule has 570 valence electrons. The van der Waals surface area contributed by atoms with Crippen LogP contribution in [0.3, 0.4) is 0 Å². The molecule has 12 amide bonds. The van der Waals surface area contributed by atoms with E-state index in [2.05, 4.69) is 16.0 Å². The molecule has 3 aliphatic carbocycles. The van der Waals surface area contributed by atoms with E-state index in [0.29, 0.717) is 51.6 Å². The summed E-state index contributed by atoms with van der Waals surface area (Å²) in [7, 11) is 7.26. The number of carbonyl (C=O) groups is 12. The molecule has 0 aromatic heterocycles. The number of carbonyl (C=O) groups excluding carboxylic acids is 12. The third-order valence-corrected chi connectivity index (χ3v) is 23.9. The normalized spacial score (nSPS) is 30.8. The predicted molar refractivity (Wildman–Crippen MR) is 375 cm³/mol. The monoisotopic (exact) mass is 1450 g/mol. The van der Waals surface area contributed by atoms with Crippen molar-refractivity contribution in [2.75, 3.05) is 74.5 Å². The standard InChI is InChI=1S/C73H118ClF3N12O12/c1-14-46(7)60-69(99)82(10)47(8)64(94)89-38-32-54(89)67(97)83(11)56(41-48-25-18-16-19-26-48)66(96)81(9)43-58(90)78-52(31-29-49-28-30-50(51(74)40-49)73(75,76)77)65(95)88-37-24-27-53(88)63(93)80-72(33-20-21-34-72)71(101)85(13)61(45(5)6)70(100)84(12)57(68(98)86-35-22-17-23-36-86)42-59(91)87(15-2)55(39-44(3)4)62(92)79-60/h44-57,60-61H,14-43H2,1-13H3,(H,78,90)(H,79,92)(H,80,93)/t46-,47-,49?,50?,51?,52-,53-,54-,55-,56-,57-,60-,61-/m0/s1. The summed E-state index contributed by atoms with van der Waals surface area (Å²) in [6.45, 7) is 14.5. The maximum atomic E-state index is 15.5. The van der Waals surface area contributed by atoms with Gasteiger partial charge in [0, 0.05) is 73.3 Å². The van der Waals surface area contributed by atoms with Crippen LogP contribution in [-0.2, 0) is 57.5 Å². The second kappa shape index (κ2) is 35.9. The van der Waals surface area contributed by atoms with Gasteiger partial charge in [0.05, 0.1) is 18.9 Å². The van der Waals surface area contributed by atoms with Crippen molar-refractivity contribution >= 4 is 82.5 Å². The van der Waals surface area contributed by atoms with Gasteiger partial charge in [-0.2, -0.15) is 13.2 Å². The second-order valence-electron chi connectivity index (χ2n) is 31.2. The molecule has 3 unspecified atom stereocenters.